The number of carbonyl (C=O) groups is 1. The number of amides is 1. The van der Waals surface area contributed by atoms with Crippen LogP contribution in [-0.2, 0) is 0 Å². The maximum absolute atomic E-state index is 11.2. The summed E-state index contributed by atoms with van der Waals surface area (Å²) in [6, 6.07) is 23.6. The molecule has 0 saturated carbocycles. The Kier molecular flexibility index (Phi) is 3.35. The highest BCUT2D eigenvalue weighted by atomic mass is 16.1. The van der Waals surface area contributed by atoms with Crippen LogP contribution in [0.1, 0.15) is 10.4 Å². The van der Waals surface area contributed by atoms with Gasteiger partial charge in [-0.1, -0.05) is 36.4 Å². The van der Waals surface area contributed by atoms with Gasteiger partial charge in [0.25, 0.3) is 0 Å². The lowest BCUT2D eigenvalue weighted by Crippen LogP contribution is -2.10. The van der Waals surface area contributed by atoms with E-state index in [9.17, 15) is 4.79 Å². The summed E-state index contributed by atoms with van der Waals surface area (Å²) in [6.07, 6.45) is 1.83. The molecule has 1 aromatic heterocycles. The summed E-state index contributed by atoms with van der Waals surface area (Å²) in [4.78, 5) is 15.7. The molecule has 0 aliphatic rings. The van der Waals surface area contributed by atoms with E-state index in [4.69, 9.17) is 5.73 Å². The number of benzene rings is 3. The van der Waals surface area contributed by atoms with E-state index in [-0.39, 0.29) is 0 Å². The van der Waals surface area contributed by atoms with Crippen molar-refractivity contribution in [2.24, 2.45) is 5.73 Å². The van der Waals surface area contributed by atoms with Gasteiger partial charge in [0.05, 0.1) is 11.0 Å². The fraction of sp³-hybridized carbons (Fsp3) is 0. The van der Waals surface area contributed by atoms with Crippen molar-refractivity contribution in [3.05, 3.63) is 84.7 Å². The minimum absolute atomic E-state index is 0.418. The molecule has 4 heteroatoms. The molecule has 0 bridgehead atoms. The maximum atomic E-state index is 11.2. The average Bonchev–Trinajstić information content (AvgIpc) is 3.05. The summed E-state index contributed by atoms with van der Waals surface area (Å²) in [6.45, 7) is 0. The Morgan fingerprint density at radius 1 is 0.875 bits per heavy atom. The molecule has 1 amide bonds. The van der Waals surface area contributed by atoms with E-state index in [0.717, 1.165) is 27.8 Å². The van der Waals surface area contributed by atoms with Gasteiger partial charge in [-0.05, 0) is 47.5 Å². The van der Waals surface area contributed by atoms with Crippen molar-refractivity contribution in [2.45, 2.75) is 0 Å². The van der Waals surface area contributed by atoms with Crippen LogP contribution in [0.4, 0.5) is 0 Å². The van der Waals surface area contributed by atoms with Gasteiger partial charge >= 0.3 is 0 Å². The normalized spacial score (nSPS) is 10.8. The number of nitrogens with two attached hydrogens (primary N) is 1. The van der Waals surface area contributed by atoms with Crippen molar-refractivity contribution < 1.29 is 4.79 Å². The zero-order valence-corrected chi connectivity index (χ0v) is 12.9. The Balaban J connectivity index is 1.76. The van der Waals surface area contributed by atoms with Gasteiger partial charge in [0.15, 0.2) is 0 Å². The molecule has 0 unspecified atom stereocenters. The molecule has 2 N–H and O–H groups in total. The number of para-hydroxylation sites is 1. The Hall–Kier alpha value is -3.40. The van der Waals surface area contributed by atoms with Gasteiger partial charge in [-0.2, -0.15) is 0 Å². The lowest BCUT2D eigenvalue weighted by Gasteiger charge is -2.06. The topological polar surface area (TPSA) is 60.9 Å². The van der Waals surface area contributed by atoms with E-state index < -0.39 is 5.91 Å². The summed E-state index contributed by atoms with van der Waals surface area (Å²) < 4.78 is 2.06. The SMILES string of the molecule is NC(=O)c1ccc(-c2ccc3c(c2)ncn3-c2ccccc2)cc1. The third kappa shape index (κ3) is 2.44. The van der Waals surface area contributed by atoms with Crippen molar-refractivity contribution in [1.82, 2.24) is 9.55 Å². The number of primary amides is 1. The molecular formula is C20H15N3O. The van der Waals surface area contributed by atoms with Gasteiger partial charge in [-0.15, -0.1) is 0 Å². The summed E-state index contributed by atoms with van der Waals surface area (Å²) in [5, 5.41) is 0. The number of aromatic nitrogens is 2. The third-order valence-electron chi connectivity index (χ3n) is 4.08. The monoisotopic (exact) mass is 313 g/mol. The van der Waals surface area contributed by atoms with E-state index >= 15 is 0 Å². The zero-order chi connectivity index (χ0) is 16.5. The molecule has 0 atom stereocenters. The van der Waals surface area contributed by atoms with Crippen LogP contribution in [0.3, 0.4) is 0 Å². The largest absolute Gasteiger partial charge is 0.366 e. The Morgan fingerprint density at radius 2 is 1.58 bits per heavy atom. The smallest absolute Gasteiger partial charge is 0.248 e. The fourth-order valence-corrected chi connectivity index (χ4v) is 2.81. The second-order valence-corrected chi connectivity index (χ2v) is 5.60. The first-order valence-electron chi connectivity index (χ1n) is 7.65. The Labute approximate surface area is 139 Å². The number of rotatable bonds is 3. The number of hydrogen-bond acceptors (Lipinski definition) is 2. The van der Waals surface area contributed by atoms with Gasteiger partial charge in [0.1, 0.15) is 6.33 Å². The molecule has 0 fully saturated rings. The van der Waals surface area contributed by atoms with Crippen molar-refractivity contribution in [3.63, 3.8) is 0 Å². The van der Waals surface area contributed by atoms with Gasteiger partial charge in [-0.3, -0.25) is 9.36 Å². The molecular weight excluding hydrogens is 298 g/mol. The van der Waals surface area contributed by atoms with Gasteiger partial charge in [-0.25, -0.2) is 4.98 Å². The van der Waals surface area contributed by atoms with Crippen LogP contribution in [0.5, 0.6) is 0 Å². The molecule has 4 rings (SSSR count). The van der Waals surface area contributed by atoms with Gasteiger partial charge < -0.3 is 5.73 Å². The maximum Gasteiger partial charge on any atom is 0.248 e. The van der Waals surface area contributed by atoms with E-state index in [1.165, 1.54) is 0 Å². The van der Waals surface area contributed by atoms with Crippen LogP contribution in [0.2, 0.25) is 0 Å². The molecule has 0 saturated heterocycles. The van der Waals surface area contributed by atoms with Crippen molar-refractivity contribution in [2.75, 3.05) is 0 Å². The highest BCUT2D eigenvalue weighted by Gasteiger charge is 2.07. The highest BCUT2D eigenvalue weighted by molar-refractivity contribution is 5.93. The summed E-state index contributed by atoms with van der Waals surface area (Å²) in [7, 11) is 0. The van der Waals surface area contributed by atoms with Crippen molar-refractivity contribution in [1.29, 1.82) is 0 Å². The van der Waals surface area contributed by atoms with Crippen LogP contribution in [0, 0.1) is 0 Å². The van der Waals surface area contributed by atoms with Crippen LogP contribution in [0.25, 0.3) is 27.8 Å². The number of fused-ring (bicyclic) bond motifs is 1. The van der Waals surface area contributed by atoms with Crippen molar-refractivity contribution in [3.8, 4) is 16.8 Å². The molecule has 1 heterocycles. The van der Waals surface area contributed by atoms with E-state index in [2.05, 4.69) is 33.8 Å². The molecule has 4 nitrogen and oxygen atoms in total. The molecule has 116 valence electrons. The number of hydrogen-bond donors (Lipinski definition) is 1. The summed E-state index contributed by atoms with van der Waals surface area (Å²) in [5.41, 5.74) is 10.9. The van der Waals surface area contributed by atoms with Crippen LogP contribution < -0.4 is 5.73 Å². The number of imidazole rings is 1. The molecule has 4 aromatic rings. The first-order valence-corrected chi connectivity index (χ1v) is 7.65. The molecule has 0 aliphatic heterocycles. The fourth-order valence-electron chi connectivity index (χ4n) is 2.81. The van der Waals surface area contributed by atoms with Crippen LogP contribution >= 0.6 is 0 Å². The molecule has 0 radical (unpaired) electrons. The summed E-state index contributed by atoms with van der Waals surface area (Å²) in [5.74, 6) is -0.418. The quantitative estimate of drug-likeness (QED) is 0.625. The van der Waals surface area contributed by atoms with E-state index in [0.29, 0.717) is 5.56 Å². The van der Waals surface area contributed by atoms with E-state index in [1.807, 2.05) is 42.7 Å². The minimum atomic E-state index is -0.418. The lowest BCUT2D eigenvalue weighted by molar-refractivity contribution is 0.100. The van der Waals surface area contributed by atoms with E-state index in [1.54, 1.807) is 12.1 Å². The van der Waals surface area contributed by atoms with Crippen LogP contribution in [-0.4, -0.2) is 15.5 Å². The zero-order valence-electron chi connectivity index (χ0n) is 12.9. The Morgan fingerprint density at radius 3 is 2.29 bits per heavy atom. The third-order valence-corrected chi connectivity index (χ3v) is 4.08. The van der Waals surface area contributed by atoms with Gasteiger partial charge in [0, 0.05) is 11.3 Å². The molecule has 0 spiro atoms. The summed E-state index contributed by atoms with van der Waals surface area (Å²) >= 11 is 0. The van der Waals surface area contributed by atoms with Crippen molar-refractivity contribution >= 4 is 16.9 Å². The second kappa shape index (κ2) is 5.66. The van der Waals surface area contributed by atoms with Crippen LogP contribution in [0.15, 0.2) is 79.1 Å². The lowest BCUT2D eigenvalue weighted by atomic mass is 10.0. The molecule has 3 aromatic carbocycles. The minimum Gasteiger partial charge on any atom is -0.366 e. The number of nitrogens with zero attached hydrogens (tertiary/aromatic N) is 2. The second-order valence-electron chi connectivity index (χ2n) is 5.60. The molecule has 0 aliphatic carbocycles. The highest BCUT2D eigenvalue weighted by Crippen LogP contribution is 2.25. The average molecular weight is 313 g/mol. The Bertz CT molecular complexity index is 1020. The van der Waals surface area contributed by atoms with Gasteiger partial charge in [0.2, 0.25) is 5.91 Å². The first-order chi connectivity index (χ1) is 11.7. The standard InChI is InChI=1S/C20H15N3O/c21-20(24)15-8-6-14(7-9-15)16-10-11-19-18(12-16)22-13-23(19)17-4-2-1-3-5-17/h1-13H,(H2,21,24). The molecule has 24 heavy (non-hydrogen) atoms. The first kappa shape index (κ1) is 14.2. The predicted molar refractivity (Wildman–Crippen MR) is 95.0 cm³/mol. The number of carbonyl (C=O) groups excluding carboxylic acids is 1. The predicted octanol–water partition coefficient (Wildman–Crippen LogP) is 3.79.